The second kappa shape index (κ2) is 10.1. The van der Waals surface area contributed by atoms with Crippen LogP contribution < -0.4 is 9.64 Å². The van der Waals surface area contributed by atoms with Crippen LogP contribution in [-0.2, 0) is 4.74 Å². The van der Waals surface area contributed by atoms with Gasteiger partial charge in [-0.25, -0.2) is 4.79 Å². The summed E-state index contributed by atoms with van der Waals surface area (Å²) >= 11 is 2.38. The smallest absolute Gasteiger partial charge is 0.410 e. The number of fused-ring (bicyclic) bond motifs is 4. The van der Waals surface area contributed by atoms with Crippen molar-refractivity contribution in [2.45, 2.75) is 77.1 Å². The van der Waals surface area contributed by atoms with E-state index in [1.165, 1.54) is 5.57 Å². The minimum atomic E-state index is -0.481. The molecule has 2 fully saturated rings. The number of amides is 1. The molecule has 3 atom stereocenters. The van der Waals surface area contributed by atoms with E-state index in [1.54, 1.807) is 0 Å². The van der Waals surface area contributed by atoms with E-state index in [9.17, 15) is 4.79 Å². The minimum absolute atomic E-state index is 0.167. The average Bonchev–Trinajstić information content (AvgIpc) is 3.11. The quantitative estimate of drug-likeness (QED) is 0.202. The summed E-state index contributed by atoms with van der Waals surface area (Å²) in [6.45, 7) is 7.86. The van der Waals surface area contributed by atoms with Gasteiger partial charge in [0.05, 0.1) is 11.4 Å². The van der Waals surface area contributed by atoms with Gasteiger partial charge >= 0.3 is 6.09 Å². The van der Waals surface area contributed by atoms with Gasteiger partial charge in [0.1, 0.15) is 5.60 Å². The largest absolute Gasteiger partial charge is 0.453 e. The van der Waals surface area contributed by atoms with Crippen LogP contribution in [0.2, 0.25) is 0 Å². The van der Waals surface area contributed by atoms with Gasteiger partial charge in [-0.1, -0.05) is 59.0 Å². The highest BCUT2D eigenvalue weighted by atomic mass is 127. The second-order valence-electron chi connectivity index (χ2n) is 10.8. The lowest BCUT2D eigenvalue weighted by Crippen LogP contribution is -2.53. The number of benzene rings is 2. The van der Waals surface area contributed by atoms with Crippen molar-refractivity contribution in [3.05, 3.63) is 66.3 Å². The zero-order valence-electron chi connectivity index (χ0n) is 21.5. The molecule has 6 heteroatoms. The number of para-hydroxylation sites is 2. The summed E-state index contributed by atoms with van der Waals surface area (Å²) in [4.78, 5) is 17.5. The summed E-state index contributed by atoms with van der Waals surface area (Å²) in [5.74, 6) is 1.77. The Kier molecular flexibility index (Phi) is 7.07. The molecule has 0 aliphatic carbocycles. The molecule has 0 radical (unpaired) electrons. The molecule has 0 saturated carbocycles. The van der Waals surface area contributed by atoms with Gasteiger partial charge in [0, 0.05) is 22.6 Å². The number of rotatable bonds is 4. The lowest BCUT2D eigenvalue weighted by molar-refractivity contribution is 0.00613. The Morgan fingerprint density at radius 1 is 1.06 bits per heavy atom. The summed E-state index contributed by atoms with van der Waals surface area (Å²) in [5, 5.41) is 0. The van der Waals surface area contributed by atoms with E-state index in [0.29, 0.717) is 0 Å². The van der Waals surface area contributed by atoms with Crippen LogP contribution in [0.3, 0.4) is 0 Å². The van der Waals surface area contributed by atoms with E-state index in [2.05, 4.69) is 82.1 Å². The van der Waals surface area contributed by atoms with Gasteiger partial charge in [0.2, 0.25) is 0 Å². The van der Waals surface area contributed by atoms with Crippen molar-refractivity contribution in [3.63, 3.8) is 0 Å². The Morgan fingerprint density at radius 3 is 2.42 bits per heavy atom. The van der Waals surface area contributed by atoms with Crippen LogP contribution >= 0.6 is 22.6 Å². The molecule has 5 nitrogen and oxygen atoms in total. The number of halogens is 1. The fourth-order valence-corrected chi connectivity index (χ4v) is 6.35. The number of anilines is 2. The Balaban J connectivity index is 1.48. The highest BCUT2D eigenvalue weighted by Crippen LogP contribution is 2.51. The molecular weight excluding hydrogens is 563 g/mol. The standard InChI is InChI=1S/C30H35IN2O3/c1-5-8-20(15-16-31)21-11-14-26-28(17-21)35-27-10-7-6-9-25(27)33(26)24-18-22-12-13-23(19-24)32(22)29(34)36-30(2,3)4/h5-11,14-15,17,22-24H,12-13,16,18-19H2,1-4H3/b8-5-,20-15+/t22-,23+,24?. The lowest BCUT2D eigenvalue weighted by Gasteiger charge is -2.45. The van der Waals surface area contributed by atoms with Crippen molar-refractivity contribution in [3.8, 4) is 11.5 Å². The molecule has 0 N–H and O–H groups in total. The van der Waals surface area contributed by atoms with Crippen LogP contribution in [-0.4, -0.2) is 39.1 Å². The molecule has 3 aliphatic heterocycles. The molecule has 2 saturated heterocycles. The van der Waals surface area contributed by atoms with Crippen LogP contribution in [0.15, 0.2) is 60.7 Å². The Morgan fingerprint density at radius 2 is 1.75 bits per heavy atom. The van der Waals surface area contributed by atoms with Gasteiger partial charge in [0.25, 0.3) is 0 Å². The number of ether oxygens (including phenoxy) is 2. The molecular formula is C30H35IN2O3. The number of nitrogens with zero attached hydrogens (tertiary/aromatic N) is 2. The molecule has 0 spiro atoms. The van der Waals surface area contributed by atoms with Crippen molar-refractivity contribution in [1.82, 2.24) is 4.90 Å². The maximum Gasteiger partial charge on any atom is 0.410 e. The van der Waals surface area contributed by atoms with E-state index in [-0.39, 0.29) is 24.2 Å². The first-order valence-electron chi connectivity index (χ1n) is 12.9. The van der Waals surface area contributed by atoms with Crippen molar-refractivity contribution in [2.24, 2.45) is 0 Å². The third kappa shape index (κ3) is 4.89. The van der Waals surface area contributed by atoms with Crippen LogP contribution in [0.25, 0.3) is 5.57 Å². The Bertz CT molecular complexity index is 1180. The van der Waals surface area contributed by atoms with Crippen molar-refractivity contribution in [2.75, 3.05) is 9.33 Å². The van der Waals surface area contributed by atoms with Gasteiger partial charge in [-0.3, -0.25) is 0 Å². The van der Waals surface area contributed by atoms with E-state index in [0.717, 1.165) is 58.5 Å². The normalized spacial score (nSPS) is 23.4. The van der Waals surface area contributed by atoms with E-state index in [4.69, 9.17) is 9.47 Å². The van der Waals surface area contributed by atoms with Crippen LogP contribution in [0, 0.1) is 0 Å². The number of alkyl halides is 1. The summed E-state index contributed by atoms with van der Waals surface area (Å²) < 4.78 is 13.2. The topological polar surface area (TPSA) is 42.0 Å². The molecule has 2 aromatic carbocycles. The summed E-state index contributed by atoms with van der Waals surface area (Å²) in [7, 11) is 0. The van der Waals surface area contributed by atoms with Gasteiger partial charge < -0.3 is 19.3 Å². The monoisotopic (exact) mass is 598 g/mol. The van der Waals surface area contributed by atoms with Crippen molar-refractivity contribution >= 4 is 45.6 Å². The van der Waals surface area contributed by atoms with Gasteiger partial charge in [-0.2, -0.15) is 0 Å². The Labute approximate surface area is 228 Å². The number of hydrogen-bond donors (Lipinski definition) is 0. The maximum atomic E-state index is 13.0. The predicted molar refractivity (Wildman–Crippen MR) is 155 cm³/mol. The maximum absolute atomic E-state index is 13.0. The number of carbonyl (C=O) groups excluding carboxylic acids is 1. The van der Waals surface area contributed by atoms with E-state index >= 15 is 0 Å². The first kappa shape index (κ1) is 25.2. The van der Waals surface area contributed by atoms with Crippen LogP contribution in [0.5, 0.6) is 11.5 Å². The predicted octanol–water partition coefficient (Wildman–Crippen LogP) is 8.26. The van der Waals surface area contributed by atoms with E-state index in [1.807, 2.05) is 38.7 Å². The molecule has 2 bridgehead atoms. The summed E-state index contributed by atoms with van der Waals surface area (Å²) in [5.41, 5.74) is 4.08. The molecule has 3 aliphatic rings. The van der Waals surface area contributed by atoms with E-state index < -0.39 is 5.60 Å². The fourth-order valence-electron chi connectivity index (χ4n) is 5.88. The second-order valence-corrected chi connectivity index (χ2v) is 11.7. The molecule has 2 aromatic rings. The van der Waals surface area contributed by atoms with Crippen molar-refractivity contribution in [1.29, 1.82) is 0 Å². The third-order valence-corrected chi connectivity index (χ3v) is 7.66. The first-order valence-corrected chi connectivity index (χ1v) is 14.4. The third-order valence-electron chi connectivity index (χ3n) is 7.22. The van der Waals surface area contributed by atoms with Gasteiger partial charge in [0.15, 0.2) is 11.5 Å². The average molecular weight is 599 g/mol. The van der Waals surface area contributed by atoms with Gasteiger partial charge in [-0.15, -0.1) is 0 Å². The number of piperidine rings is 1. The molecule has 1 unspecified atom stereocenters. The first-order chi connectivity index (χ1) is 17.3. The summed E-state index contributed by atoms with van der Waals surface area (Å²) in [6, 6.07) is 15.6. The molecule has 3 heterocycles. The molecule has 1 amide bonds. The van der Waals surface area contributed by atoms with Crippen LogP contribution in [0.4, 0.5) is 16.2 Å². The number of carbonyl (C=O) groups is 1. The number of allylic oxidation sites excluding steroid dienone is 4. The molecule has 0 aromatic heterocycles. The zero-order chi connectivity index (χ0) is 25.4. The molecule has 190 valence electrons. The highest BCUT2D eigenvalue weighted by molar-refractivity contribution is 14.1. The fraction of sp³-hybridized carbons (Fsp3) is 0.433. The molecule has 5 rings (SSSR count). The highest BCUT2D eigenvalue weighted by Gasteiger charge is 2.47. The lowest BCUT2D eigenvalue weighted by atomic mass is 9.93. The minimum Gasteiger partial charge on any atom is -0.453 e. The molecule has 36 heavy (non-hydrogen) atoms. The SMILES string of the molecule is C/C=C\C(=C/CI)c1ccc2c(c1)Oc1ccccc1N2C1C[C@H]2CC[C@@H](C1)N2C(=O)OC(C)(C)C. The Hall–Kier alpha value is -2.48. The van der Waals surface area contributed by atoms with Crippen molar-refractivity contribution < 1.29 is 14.3 Å². The van der Waals surface area contributed by atoms with Gasteiger partial charge in [-0.05, 0) is 88.8 Å². The zero-order valence-corrected chi connectivity index (χ0v) is 23.7. The number of hydrogen-bond acceptors (Lipinski definition) is 4. The summed E-state index contributed by atoms with van der Waals surface area (Å²) in [6.07, 6.45) is 10.2. The van der Waals surface area contributed by atoms with Crippen LogP contribution in [0.1, 0.15) is 58.9 Å².